The van der Waals surface area contributed by atoms with Gasteiger partial charge in [0.25, 0.3) is 0 Å². The van der Waals surface area contributed by atoms with Crippen LogP contribution < -0.4 is 10.1 Å². The largest absolute Gasteiger partial charge is 0.481 e. The summed E-state index contributed by atoms with van der Waals surface area (Å²) < 4.78 is 5.11. The van der Waals surface area contributed by atoms with Gasteiger partial charge in [-0.1, -0.05) is 12.8 Å². The second kappa shape index (κ2) is 7.58. The van der Waals surface area contributed by atoms with Crippen LogP contribution in [-0.2, 0) is 14.4 Å². The van der Waals surface area contributed by atoms with Crippen molar-refractivity contribution in [3.05, 3.63) is 30.3 Å². The van der Waals surface area contributed by atoms with Crippen LogP contribution in [0.5, 0.6) is 5.88 Å². The van der Waals surface area contributed by atoms with E-state index in [1.807, 2.05) is 18.2 Å². The fourth-order valence-electron chi connectivity index (χ4n) is 4.19. The fraction of sp³-hybridized carbons (Fsp3) is 0.429. The average Bonchev–Trinajstić information content (AvgIpc) is 2.96. The van der Waals surface area contributed by atoms with Gasteiger partial charge >= 0.3 is 0 Å². The molecule has 146 valence electrons. The first kappa shape index (κ1) is 18.4. The average molecular weight is 381 g/mol. The Morgan fingerprint density at radius 3 is 2.54 bits per heavy atom. The number of carbonyl (C=O) groups is 3. The summed E-state index contributed by atoms with van der Waals surface area (Å²) in [6.45, 7) is 0.142. The third-order valence-corrected chi connectivity index (χ3v) is 5.65. The van der Waals surface area contributed by atoms with Gasteiger partial charge in [-0.2, -0.15) is 0 Å². The molecule has 1 aromatic carbocycles. The number of nitrogens with zero attached hydrogens (tertiary/aromatic N) is 2. The zero-order valence-electron chi connectivity index (χ0n) is 15.8. The number of aromatic nitrogens is 1. The highest BCUT2D eigenvalue weighted by Crippen LogP contribution is 2.38. The summed E-state index contributed by atoms with van der Waals surface area (Å²) in [6, 6.07) is 9.05. The Morgan fingerprint density at radius 2 is 1.86 bits per heavy atom. The summed E-state index contributed by atoms with van der Waals surface area (Å²) in [5.41, 5.74) is 1.42. The monoisotopic (exact) mass is 381 g/mol. The second-order valence-electron chi connectivity index (χ2n) is 7.38. The van der Waals surface area contributed by atoms with Crippen molar-refractivity contribution in [3.8, 4) is 5.88 Å². The van der Waals surface area contributed by atoms with E-state index < -0.39 is 0 Å². The molecule has 2 heterocycles. The number of anilines is 1. The molecule has 1 aromatic heterocycles. The van der Waals surface area contributed by atoms with Gasteiger partial charge in [-0.25, -0.2) is 4.98 Å². The molecule has 0 unspecified atom stereocenters. The SMILES string of the molecule is COc1ccc2cc(NC(=O)CCN3C(=O)[C@@H]4CCCC[C@H]4C3=O)ccc2n1. The standard InChI is InChI=1S/C21H23N3O4/c1-28-19-9-6-13-12-14(7-8-17(13)23-19)22-18(25)10-11-24-20(26)15-4-2-3-5-16(15)21(24)27/h6-9,12,15-16H,2-5,10-11H2,1H3,(H,22,25)/t15-,16-/m1/s1. The van der Waals surface area contributed by atoms with Crippen molar-refractivity contribution in [1.29, 1.82) is 0 Å². The molecule has 1 aliphatic heterocycles. The van der Waals surface area contributed by atoms with Crippen LogP contribution in [0.4, 0.5) is 5.69 Å². The van der Waals surface area contributed by atoms with Gasteiger partial charge in [0.1, 0.15) is 0 Å². The van der Waals surface area contributed by atoms with Gasteiger partial charge in [0, 0.05) is 30.1 Å². The Balaban J connectivity index is 1.37. The topological polar surface area (TPSA) is 88.6 Å². The molecule has 0 radical (unpaired) electrons. The molecule has 2 atom stereocenters. The van der Waals surface area contributed by atoms with Crippen LogP contribution in [0, 0.1) is 11.8 Å². The van der Waals surface area contributed by atoms with Crippen LogP contribution in [0.1, 0.15) is 32.1 Å². The first-order valence-corrected chi connectivity index (χ1v) is 9.66. The lowest BCUT2D eigenvalue weighted by Gasteiger charge is -2.19. The lowest BCUT2D eigenvalue weighted by molar-refractivity contribution is -0.140. The highest BCUT2D eigenvalue weighted by molar-refractivity contribution is 6.05. The molecule has 28 heavy (non-hydrogen) atoms. The molecule has 1 saturated heterocycles. The van der Waals surface area contributed by atoms with Gasteiger partial charge < -0.3 is 10.1 Å². The van der Waals surface area contributed by atoms with Crippen LogP contribution in [0.25, 0.3) is 10.9 Å². The van der Waals surface area contributed by atoms with Crippen LogP contribution in [0.2, 0.25) is 0 Å². The number of ether oxygens (including phenoxy) is 1. The zero-order valence-corrected chi connectivity index (χ0v) is 15.8. The maximum Gasteiger partial charge on any atom is 0.233 e. The predicted molar refractivity (Wildman–Crippen MR) is 104 cm³/mol. The van der Waals surface area contributed by atoms with Crippen molar-refractivity contribution in [2.24, 2.45) is 11.8 Å². The summed E-state index contributed by atoms with van der Waals surface area (Å²) in [5, 5.41) is 3.71. The van der Waals surface area contributed by atoms with Crippen molar-refractivity contribution >= 4 is 34.3 Å². The number of amides is 3. The summed E-state index contributed by atoms with van der Waals surface area (Å²) in [7, 11) is 1.56. The van der Waals surface area contributed by atoms with Crippen molar-refractivity contribution in [1.82, 2.24) is 9.88 Å². The molecule has 3 amide bonds. The third kappa shape index (κ3) is 3.44. The molecule has 2 aliphatic rings. The van der Waals surface area contributed by atoms with E-state index in [1.165, 1.54) is 4.90 Å². The van der Waals surface area contributed by atoms with E-state index in [0.717, 1.165) is 36.6 Å². The van der Waals surface area contributed by atoms with Gasteiger partial charge in [-0.05, 0) is 37.1 Å². The summed E-state index contributed by atoms with van der Waals surface area (Å²) in [4.78, 5) is 42.9. The van der Waals surface area contributed by atoms with Crippen molar-refractivity contribution in [2.75, 3.05) is 19.0 Å². The maximum atomic E-state index is 12.5. The molecule has 4 rings (SSSR count). The number of hydrogen-bond donors (Lipinski definition) is 1. The predicted octanol–water partition coefficient (Wildman–Crippen LogP) is 2.75. The minimum atomic E-state index is -0.226. The number of nitrogens with one attached hydrogen (secondary N) is 1. The van der Waals surface area contributed by atoms with E-state index in [2.05, 4.69) is 10.3 Å². The quantitative estimate of drug-likeness (QED) is 0.805. The van der Waals surface area contributed by atoms with Crippen LogP contribution >= 0.6 is 0 Å². The van der Waals surface area contributed by atoms with Crippen LogP contribution in [-0.4, -0.2) is 41.3 Å². The number of methoxy groups -OCH3 is 1. The minimum absolute atomic E-state index is 0.0931. The Hall–Kier alpha value is -2.96. The molecule has 7 heteroatoms. The molecule has 2 aromatic rings. The Labute approximate surface area is 163 Å². The van der Waals surface area contributed by atoms with Gasteiger partial charge in [0.2, 0.25) is 23.6 Å². The summed E-state index contributed by atoms with van der Waals surface area (Å²) in [6.07, 6.45) is 3.66. The molecule has 0 bridgehead atoms. The molecule has 2 fully saturated rings. The third-order valence-electron chi connectivity index (χ3n) is 5.65. The Bertz CT molecular complexity index is 918. The van der Waals surface area contributed by atoms with E-state index in [4.69, 9.17) is 4.74 Å². The molecular weight excluding hydrogens is 358 g/mol. The lowest BCUT2D eigenvalue weighted by atomic mass is 9.81. The van der Waals surface area contributed by atoms with E-state index in [1.54, 1.807) is 19.2 Å². The number of benzene rings is 1. The number of rotatable bonds is 5. The molecule has 1 N–H and O–H groups in total. The highest BCUT2D eigenvalue weighted by atomic mass is 16.5. The molecule has 1 aliphatic carbocycles. The van der Waals surface area contributed by atoms with Gasteiger partial charge in [0.05, 0.1) is 24.5 Å². The second-order valence-corrected chi connectivity index (χ2v) is 7.38. The van der Waals surface area contributed by atoms with E-state index in [0.29, 0.717) is 11.6 Å². The van der Waals surface area contributed by atoms with Gasteiger partial charge in [-0.3, -0.25) is 19.3 Å². The van der Waals surface area contributed by atoms with E-state index in [-0.39, 0.29) is 42.5 Å². The lowest BCUT2D eigenvalue weighted by Crippen LogP contribution is -2.34. The van der Waals surface area contributed by atoms with Gasteiger partial charge in [-0.15, -0.1) is 0 Å². The molecule has 7 nitrogen and oxygen atoms in total. The highest BCUT2D eigenvalue weighted by Gasteiger charge is 2.47. The van der Waals surface area contributed by atoms with Crippen molar-refractivity contribution in [3.63, 3.8) is 0 Å². The number of carbonyl (C=O) groups excluding carboxylic acids is 3. The minimum Gasteiger partial charge on any atom is -0.481 e. The molecule has 1 saturated carbocycles. The fourth-order valence-corrected chi connectivity index (χ4v) is 4.19. The van der Waals surface area contributed by atoms with E-state index in [9.17, 15) is 14.4 Å². The van der Waals surface area contributed by atoms with E-state index >= 15 is 0 Å². The summed E-state index contributed by atoms with van der Waals surface area (Å²) in [5.74, 6) is -0.244. The number of likely N-dealkylation sites (tertiary alicyclic amines) is 1. The number of fused-ring (bicyclic) bond motifs is 2. The van der Waals surface area contributed by atoms with Crippen molar-refractivity contribution in [2.45, 2.75) is 32.1 Å². The van der Waals surface area contributed by atoms with Crippen molar-refractivity contribution < 1.29 is 19.1 Å². The van der Waals surface area contributed by atoms with Gasteiger partial charge in [0.15, 0.2) is 0 Å². The molecule has 0 spiro atoms. The van der Waals surface area contributed by atoms with Crippen LogP contribution in [0.15, 0.2) is 30.3 Å². The number of imide groups is 1. The Kier molecular flexibility index (Phi) is 4.98. The Morgan fingerprint density at radius 1 is 1.14 bits per heavy atom. The number of pyridine rings is 1. The smallest absolute Gasteiger partial charge is 0.233 e. The maximum absolute atomic E-state index is 12.5. The number of hydrogen-bond acceptors (Lipinski definition) is 5. The zero-order chi connectivity index (χ0) is 19.7. The molecular formula is C21H23N3O4. The first-order chi connectivity index (χ1) is 13.6. The normalized spacial score (nSPS) is 21.7. The first-order valence-electron chi connectivity index (χ1n) is 9.66. The summed E-state index contributed by atoms with van der Waals surface area (Å²) >= 11 is 0. The van der Waals surface area contributed by atoms with Crippen LogP contribution in [0.3, 0.4) is 0 Å².